The minimum Gasteiger partial charge on any atom is -0.319 e. The largest absolute Gasteiger partial charge is 0.319 e. The number of amides is 1. The van der Waals surface area contributed by atoms with Gasteiger partial charge in [-0.15, -0.1) is 0 Å². The van der Waals surface area contributed by atoms with E-state index in [0.29, 0.717) is 6.07 Å². The van der Waals surface area contributed by atoms with Crippen LogP contribution in [0.1, 0.15) is 10.4 Å². The van der Waals surface area contributed by atoms with E-state index in [0.717, 1.165) is 18.3 Å². The van der Waals surface area contributed by atoms with Crippen molar-refractivity contribution in [2.45, 2.75) is 0 Å². The number of hydrogen-bond acceptors (Lipinski definition) is 2. The Balaban J connectivity index is 2.33. The molecule has 1 aromatic carbocycles. The summed E-state index contributed by atoms with van der Waals surface area (Å²) in [6, 6.07) is 2.24. The summed E-state index contributed by atoms with van der Waals surface area (Å²) in [4.78, 5) is 15.1. The van der Waals surface area contributed by atoms with Crippen LogP contribution in [0.5, 0.6) is 0 Å². The average Bonchev–Trinajstić information content (AvgIpc) is 2.42. The van der Waals surface area contributed by atoms with Crippen LogP contribution in [0, 0.1) is 23.3 Å². The second-order valence-electron chi connectivity index (χ2n) is 3.67. The molecule has 0 aliphatic rings. The summed E-state index contributed by atoms with van der Waals surface area (Å²) in [6.45, 7) is 0. The van der Waals surface area contributed by atoms with Crippen molar-refractivity contribution in [1.29, 1.82) is 0 Å². The zero-order valence-corrected chi connectivity index (χ0v) is 10.3. The number of anilines is 1. The summed E-state index contributed by atoms with van der Waals surface area (Å²) < 4.78 is 52.0. The summed E-state index contributed by atoms with van der Waals surface area (Å²) in [7, 11) is 0. The standard InChI is InChI=1S/C12H5ClF4N2O/c13-11-6(3-5(14)4-18-11)12(20)19-8-2-1-7(15)9(16)10(8)17/h1-4H,(H,19,20). The number of nitrogens with zero attached hydrogens (tertiary/aromatic N) is 1. The number of carbonyl (C=O) groups excluding carboxylic acids is 1. The molecule has 0 spiro atoms. The van der Waals surface area contributed by atoms with Crippen LogP contribution in [-0.4, -0.2) is 10.9 Å². The maximum Gasteiger partial charge on any atom is 0.258 e. The Kier molecular flexibility index (Phi) is 3.89. The van der Waals surface area contributed by atoms with Gasteiger partial charge in [-0.2, -0.15) is 0 Å². The van der Waals surface area contributed by atoms with Crippen molar-refractivity contribution < 1.29 is 22.4 Å². The van der Waals surface area contributed by atoms with E-state index in [2.05, 4.69) is 4.98 Å². The first-order chi connectivity index (χ1) is 9.40. The number of aromatic nitrogens is 1. The topological polar surface area (TPSA) is 42.0 Å². The third kappa shape index (κ3) is 2.72. The molecule has 0 fully saturated rings. The summed E-state index contributed by atoms with van der Waals surface area (Å²) in [6.07, 6.45) is 0.789. The van der Waals surface area contributed by atoms with Crippen molar-refractivity contribution in [3.63, 3.8) is 0 Å². The lowest BCUT2D eigenvalue weighted by Crippen LogP contribution is -2.15. The fourth-order valence-electron chi connectivity index (χ4n) is 1.39. The van der Waals surface area contributed by atoms with E-state index in [1.807, 2.05) is 5.32 Å². The van der Waals surface area contributed by atoms with E-state index in [9.17, 15) is 22.4 Å². The fourth-order valence-corrected chi connectivity index (χ4v) is 1.58. The number of pyridine rings is 1. The molecule has 104 valence electrons. The van der Waals surface area contributed by atoms with Crippen LogP contribution < -0.4 is 5.32 Å². The maximum absolute atomic E-state index is 13.4. The van der Waals surface area contributed by atoms with Crippen molar-refractivity contribution in [1.82, 2.24) is 4.98 Å². The monoisotopic (exact) mass is 304 g/mol. The highest BCUT2D eigenvalue weighted by molar-refractivity contribution is 6.33. The van der Waals surface area contributed by atoms with E-state index >= 15 is 0 Å². The normalized spacial score (nSPS) is 10.4. The highest BCUT2D eigenvalue weighted by atomic mass is 35.5. The molecule has 0 unspecified atom stereocenters. The molecule has 1 heterocycles. The molecule has 0 saturated heterocycles. The summed E-state index contributed by atoms with van der Waals surface area (Å²) in [5.74, 6) is -6.53. The predicted molar refractivity (Wildman–Crippen MR) is 63.5 cm³/mol. The third-order valence-electron chi connectivity index (χ3n) is 2.33. The molecular formula is C12H5ClF4N2O. The number of carbonyl (C=O) groups is 1. The van der Waals surface area contributed by atoms with E-state index in [1.54, 1.807) is 0 Å². The Labute approximate surface area is 115 Å². The van der Waals surface area contributed by atoms with Gasteiger partial charge in [0.15, 0.2) is 17.5 Å². The van der Waals surface area contributed by atoms with Crippen LogP contribution in [-0.2, 0) is 0 Å². The van der Waals surface area contributed by atoms with Gasteiger partial charge < -0.3 is 5.32 Å². The van der Waals surface area contributed by atoms with Crippen molar-refractivity contribution in [2.75, 3.05) is 5.32 Å². The Bertz CT molecular complexity index is 693. The van der Waals surface area contributed by atoms with Crippen molar-refractivity contribution >= 4 is 23.2 Å². The minimum atomic E-state index is -1.73. The Morgan fingerprint density at radius 2 is 1.85 bits per heavy atom. The van der Waals surface area contributed by atoms with Gasteiger partial charge >= 0.3 is 0 Å². The Morgan fingerprint density at radius 3 is 2.55 bits per heavy atom. The average molecular weight is 305 g/mol. The van der Waals surface area contributed by atoms with Gasteiger partial charge in [0.2, 0.25) is 0 Å². The van der Waals surface area contributed by atoms with E-state index in [1.165, 1.54) is 0 Å². The number of rotatable bonds is 2. The molecule has 1 aromatic heterocycles. The highest BCUT2D eigenvalue weighted by Gasteiger charge is 2.18. The molecule has 2 aromatic rings. The first-order valence-electron chi connectivity index (χ1n) is 5.16. The smallest absolute Gasteiger partial charge is 0.258 e. The fraction of sp³-hybridized carbons (Fsp3) is 0. The molecule has 3 nitrogen and oxygen atoms in total. The summed E-state index contributed by atoms with van der Waals surface area (Å²) in [5.41, 5.74) is -0.968. The molecule has 0 saturated carbocycles. The van der Waals surface area contributed by atoms with Gasteiger partial charge in [0, 0.05) is 0 Å². The zero-order chi connectivity index (χ0) is 14.9. The van der Waals surface area contributed by atoms with Crippen LogP contribution >= 0.6 is 11.6 Å². The van der Waals surface area contributed by atoms with Gasteiger partial charge in [-0.3, -0.25) is 4.79 Å². The minimum absolute atomic E-state index is 0.313. The lowest BCUT2D eigenvalue weighted by molar-refractivity contribution is 0.102. The number of hydrogen-bond donors (Lipinski definition) is 1. The van der Waals surface area contributed by atoms with Gasteiger partial charge in [-0.1, -0.05) is 11.6 Å². The second kappa shape index (κ2) is 5.46. The lowest BCUT2D eigenvalue weighted by Gasteiger charge is -2.08. The second-order valence-corrected chi connectivity index (χ2v) is 4.03. The molecule has 8 heteroatoms. The zero-order valence-electron chi connectivity index (χ0n) is 9.55. The van der Waals surface area contributed by atoms with Crippen LogP contribution in [0.3, 0.4) is 0 Å². The molecule has 0 aliphatic heterocycles. The molecular weight excluding hydrogens is 300 g/mol. The number of benzene rings is 1. The highest BCUT2D eigenvalue weighted by Crippen LogP contribution is 2.21. The quantitative estimate of drug-likeness (QED) is 0.524. The Morgan fingerprint density at radius 1 is 1.15 bits per heavy atom. The predicted octanol–water partition coefficient (Wildman–Crippen LogP) is 3.54. The van der Waals surface area contributed by atoms with Crippen molar-refractivity contribution in [3.8, 4) is 0 Å². The third-order valence-corrected chi connectivity index (χ3v) is 2.63. The molecule has 0 radical (unpaired) electrons. The molecule has 1 amide bonds. The van der Waals surface area contributed by atoms with E-state index < -0.39 is 34.9 Å². The molecule has 2 rings (SSSR count). The van der Waals surface area contributed by atoms with Crippen molar-refractivity contribution in [3.05, 3.63) is 58.4 Å². The van der Waals surface area contributed by atoms with Crippen LogP contribution in [0.4, 0.5) is 23.2 Å². The van der Waals surface area contributed by atoms with Crippen LogP contribution in [0.15, 0.2) is 24.4 Å². The number of halogens is 5. The van der Waals surface area contributed by atoms with Gasteiger partial charge in [0.05, 0.1) is 17.4 Å². The molecule has 0 aliphatic carbocycles. The van der Waals surface area contributed by atoms with Gasteiger partial charge in [0.1, 0.15) is 11.0 Å². The van der Waals surface area contributed by atoms with Gasteiger partial charge in [0.25, 0.3) is 5.91 Å². The van der Waals surface area contributed by atoms with E-state index in [-0.39, 0.29) is 10.7 Å². The molecule has 0 atom stereocenters. The van der Waals surface area contributed by atoms with Gasteiger partial charge in [-0.25, -0.2) is 22.5 Å². The maximum atomic E-state index is 13.4. The first-order valence-corrected chi connectivity index (χ1v) is 5.54. The summed E-state index contributed by atoms with van der Waals surface area (Å²) >= 11 is 5.59. The first kappa shape index (κ1) is 14.3. The van der Waals surface area contributed by atoms with Crippen LogP contribution in [0.2, 0.25) is 5.15 Å². The molecule has 1 N–H and O–H groups in total. The van der Waals surface area contributed by atoms with Crippen LogP contribution in [0.25, 0.3) is 0 Å². The molecule has 0 bridgehead atoms. The van der Waals surface area contributed by atoms with Crippen molar-refractivity contribution in [2.24, 2.45) is 0 Å². The summed E-state index contributed by atoms with van der Waals surface area (Å²) in [5, 5.41) is 1.64. The van der Waals surface area contributed by atoms with E-state index in [4.69, 9.17) is 11.6 Å². The lowest BCUT2D eigenvalue weighted by atomic mass is 10.2. The SMILES string of the molecule is O=C(Nc1ccc(F)c(F)c1F)c1cc(F)cnc1Cl. The Hall–Kier alpha value is -2.15. The van der Waals surface area contributed by atoms with Gasteiger partial charge in [-0.05, 0) is 18.2 Å². The number of nitrogens with one attached hydrogen (secondary N) is 1. The molecule has 20 heavy (non-hydrogen) atoms.